The number of amides is 1. The summed E-state index contributed by atoms with van der Waals surface area (Å²) < 4.78 is 17.1. The maximum Gasteiger partial charge on any atom is 0.255 e. The number of fused-ring (bicyclic) bond motifs is 1. The molecule has 1 amide bonds. The lowest BCUT2D eigenvalue weighted by Gasteiger charge is -2.12. The Bertz CT molecular complexity index is 1390. The number of nitrogens with zero attached hydrogens (tertiary/aromatic N) is 1. The zero-order valence-corrected chi connectivity index (χ0v) is 18.5. The average Bonchev–Trinajstić information content (AvgIpc) is 3.33. The highest BCUT2D eigenvalue weighted by atomic mass is 16.5. The second-order valence-electron chi connectivity index (χ2n) is 7.65. The van der Waals surface area contributed by atoms with Crippen LogP contribution in [0.25, 0.3) is 22.6 Å². The van der Waals surface area contributed by atoms with Crippen LogP contribution in [0.1, 0.15) is 15.9 Å². The zero-order chi connectivity index (χ0) is 23.3. The molecule has 0 spiro atoms. The number of benzene rings is 4. The number of ether oxygens (including phenoxy) is 2. The van der Waals surface area contributed by atoms with Crippen molar-refractivity contribution in [2.24, 2.45) is 0 Å². The van der Waals surface area contributed by atoms with E-state index in [9.17, 15) is 4.79 Å². The third kappa shape index (κ3) is 4.61. The van der Waals surface area contributed by atoms with E-state index >= 15 is 0 Å². The number of para-hydroxylation sites is 2. The lowest BCUT2D eigenvalue weighted by molar-refractivity contribution is 0.102. The molecule has 0 bridgehead atoms. The molecule has 0 fully saturated rings. The van der Waals surface area contributed by atoms with Gasteiger partial charge >= 0.3 is 0 Å². The molecule has 1 heterocycles. The molecule has 0 unspecified atom stereocenters. The Labute approximate surface area is 196 Å². The molecule has 168 valence electrons. The largest absolute Gasteiger partial charge is 0.495 e. The summed E-state index contributed by atoms with van der Waals surface area (Å²) in [5.41, 5.74) is 4.31. The number of carbonyl (C=O) groups is 1. The van der Waals surface area contributed by atoms with Crippen molar-refractivity contribution >= 4 is 22.7 Å². The van der Waals surface area contributed by atoms with Crippen molar-refractivity contribution in [3.63, 3.8) is 0 Å². The van der Waals surface area contributed by atoms with E-state index in [2.05, 4.69) is 10.3 Å². The standard InChI is InChI=1S/C28H22N2O4/c1-32-25-16-13-21(28-30-23-9-5-6-10-26(23)34-28)17-24(25)29-27(31)20-11-14-22(15-12-20)33-18-19-7-3-2-4-8-19/h2-17H,18H2,1H3,(H,29,31). The molecule has 1 N–H and O–H groups in total. The fourth-order valence-corrected chi connectivity index (χ4v) is 3.57. The van der Waals surface area contributed by atoms with Gasteiger partial charge in [0.1, 0.15) is 23.6 Å². The normalized spacial score (nSPS) is 10.7. The first kappa shape index (κ1) is 21.3. The van der Waals surface area contributed by atoms with Crippen LogP contribution >= 0.6 is 0 Å². The molecule has 5 rings (SSSR count). The maximum atomic E-state index is 12.9. The Morgan fingerprint density at radius 2 is 1.68 bits per heavy atom. The first-order valence-electron chi connectivity index (χ1n) is 10.8. The second kappa shape index (κ2) is 9.50. The van der Waals surface area contributed by atoms with Crippen molar-refractivity contribution in [3.8, 4) is 23.0 Å². The van der Waals surface area contributed by atoms with Gasteiger partial charge in [-0.05, 0) is 60.2 Å². The van der Waals surface area contributed by atoms with Gasteiger partial charge in [0.15, 0.2) is 5.58 Å². The Hall–Kier alpha value is -4.58. The highest BCUT2D eigenvalue weighted by molar-refractivity contribution is 6.05. The summed E-state index contributed by atoms with van der Waals surface area (Å²) in [6, 6.07) is 29.9. The van der Waals surface area contributed by atoms with Crippen LogP contribution in [0.5, 0.6) is 11.5 Å². The van der Waals surface area contributed by atoms with Gasteiger partial charge in [-0.25, -0.2) is 4.98 Å². The minimum Gasteiger partial charge on any atom is -0.495 e. The summed E-state index contributed by atoms with van der Waals surface area (Å²) in [5, 5.41) is 2.92. The predicted octanol–water partition coefficient (Wildman–Crippen LogP) is 6.33. The van der Waals surface area contributed by atoms with Crippen molar-refractivity contribution in [1.82, 2.24) is 4.98 Å². The number of aromatic nitrogens is 1. The molecule has 5 aromatic rings. The second-order valence-corrected chi connectivity index (χ2v) is 7.65. The first-order valence-corrected chi connectivity index (χ1v) is 10.8. The van der Waals surface area contributed by atoms with E-state index in [1.165, 1.54) is 0 Å². The minimum atomic E-state index is -0.261. The lowest BCUT2D eigenvalue weighted by Crippen LogP contribution is -2.12. The summed E-state index contributed by atoms with van der Waals surface area (Å²) in [6.07, 6.45) is 0. The van der Waals surface area contributed by atoms with Crippen LogP contribution in [-0.2, 0) is 6.61 Å². The number of oxazole rings is 1. The summed E-state index contributed by atoms with van der Waals surface area (Å²) in [4.78, 5) is 17.4. The SMILES string of the molecule is COc1ccc(-c2nc3ccccc3o2)cc1NC(=O)c1ccc(OCc2ccccc2)cc1. The van der Waals surface area contributed by atoms with Crippen molar-refractivity contribution in [2.75, 3.05) is 12.4 Å². The van der Waals surface area contributed by atoms with Crippen LogP contribution in [0.15, 0.2) is 101 Å². The van der Waals surface area contributed by atoms with E-state index in [0.717, 1.165) is 16.6 Å². The molecule has 4 aromatic carbocycles. The van der Waals surface area contributed by atoms with Crippen molar-refractivity contribution in [1.29, 1.82) is 0 Å². The molecule has 34 heavy (non-hydrogen) atoms. The first-order chi connectivity index (χ1) is 16.7. The molecule has 0 radical (unpaired) electrons. The van der Waals surface area contributed by atoms with Gasteiger partial charge in [0.25, 0.3) is 5.91 Å². The van der Waals surface area contributed by atoms with Gasteiger partial charge in [-0.3, -0.25) is 4.79 Å². The fourth-order valence-electron chi connectivity index (χ4n) is 3.57. The maximum absolute atomic E-state index is 12.9. The van der Waals surface area contributed by atoms with Gasteiger partial charge in [0.05, 0.1) is 12.8 Å². The van der Waals surface area contributed by atoms with Gasteiger partial charge in [0, 0.05) is 11.1 Å². The number of nitrogens with one attached hydrogen (secondary N) is 1. The number of anilines is 1. The molecule has 0 aliphatic heterocycles. The van der Waals surface area contributed by atoms with Gasteiger partial charge in [-0.2, -0.15) is 0 Å². The van der Waals surface area contributed by atoms with Gasteiger partial charge < -0.3 is 19.2 Å². The monoisotopic (exact) mass is 450 g/mol. The summed E-state index contributed by atoms with van der Waals surface area (Å²) in [7, 11) is 1.56. The third-order valence-electron chi connectivity index (χ3n) is 5.35. The number of rotatable bonds is 7. The van der Waals surface area contributed by atoms with E-state index < -0.39 is 0 Å². The Balaban J connectivity index is 1.32. The average molecular weight is 450 g/mol. The van der Waals surface area contributed by atoms with Crippen LogP contribution in [0.4, 0.5) is 5.69 Å². The molecule has 0 aliphatic carbocycles. The molecule has 6 heteroatoms. The van der Waals surface area contributed by atoms with E-state index in [-0.39, 0.29) is 5.91 Å². The predicted molar refractivity (Wildman–Crippen MR) is 131 cm³/mol. The van der Waals surface area contributed by atoms with Crippen LogP contribution < -0.4 is 14.8 Å². The van der Waals surface area contributed by atoms with E-state index in [1.54, 1.807) is 43.5 Å². The fraction of sp³-hybridized carbons (Fsp3) is 0.0714. The molecule has 6 nitrogen and oxygen atoms in total. The molecule has 0 atom stereocenters. The van der Waals surface area contributed by atoms with Crippen LogP contribution in [0, 0.1) is 0 Å². The zero-order valence-electron chi connectivity index (χ0n) is 18.5. The molecular formula is C28H22N2O4. The minimum absolute atomic E-state index is 0.261. The number of hydrogen-bond acceptors (Lipinski definition) is 5. The van der Waals surface area contributed by atoms with Crippen LogP contribution in [-0.4, -0.2) is 18.0 Å². The van der Waals surface area contributed by atoms with Crippen LogP contribution in [0.3, 0.4) is 0 Å². The Morgan fingerprint density at radius 1 is 0.912 bits per heavy atom. The summed E-state index contributed by atoms with van der Waals surface area (Å²) >= 11 is 0. The van der Waals surface area contributed by atoms with Crippen molar-refractivity contribution in [2.45, 2.75) is 6.61 Å². The highest BCUT2D eigenvalue weighted by Gasteiger charge is 2.14. The van der Waals surface area contributed by atoms with Crippen LogP contribution in [0.2, 0.25) is 0 Å². The number of hydrogen-bond donors (Lipinski definition) is 1. The van der Waals surface area contributed by atoms with Gasteiger partial charge in [-0.15, -0.1) is 0 Å². The molecule has 0 aliphatic rings. The van der Waals surface area contributed by atoms with Gasteiger partial charge in [0.2, 0.25) is 5.89 Å². The van der Waals surface area contributed by atoms with Crippen molar-refractivity contribution in [3.05, 3.63) is 108 Å². The number of carbonyl (C=O) groups excluding carboxylic acids is 1. The van der Waals surface area contributed by atoms with Gasteiger partial charge in [-0.1, -0.05) is 42.5 Å². The van der Waals surface area contributed by atoms with Crippen molar-refractivity contribution < 1.29 is 18.7 Å². The molecule has 0 saturated carbocycles. The molecule has 0 saturated heterocycles. The molecular weight excluding hydrogens is 428 g/mol. The van der Waals surface area contributed by atoms with E-state index in [4.69, 9.17) is 13.9 Å². The summed E-state index contributed by atoms with van der Waals surface area (Å²) in [5.74, 6) is 1.44. The third-order valence-corrected chi connectivity index (χ3v) is 5.35. The number of methoxy groups -OCH3 is 1. The summed E-state index contributed by atoms with van der Waals surface area (Å²) in [6.45, 7) is 0.464. The smallest absolute Gasteiger partial charge is 0.255 e. The lowest BCUT2D eigenvalue weighted by atomic mass is 10.1. The molecule has 1 aromatic heterocycles. The Kier molecular flexibility index (Phi) is 5.95. The Morgan fingerprint density at radius 3 is 2.44 bits per heavy atom. The quantitative estimate of drug-likeness (QED) is 0.313. The topological polar surface area (TPSA) is 73.6 Å². The van der Waals surface area contributed by atoms with E-state index in [1.807, 2.05) is 60.7 Å². The van der Waals surface area contributed by atoms with E-state index in [0.29, 0.717) is 40.8 Å². The highest BCUT2D eigenvalue weighted by Crippen LogP contribution is 2.32.